The van der Waals surface area contributed by atoms with Gasteiger partial charge in [-0.3, -0.25) is 4.55 Å². The zero-order valence-corrected chi connectivity index (χ0v) is 31.4. The molecule has 6 rings (SSSR count). The van der Waals surface area contributed by atoms with Gasteiger partial charge in [0.1, 0.15) is 0 Å². The van der Waals surface area contributed by atoms with Crippen molar-refractivity contribution in [2.45, 2.75) is 75.5 Å². The molecule has 0 amide bonds. The van der Waals surface area contributed by atoms with Crippen LogP contribution in [0.2, 0.25) is 0 Å². The Hall–Kier alpha value is -2.72. The van der Waals surface area contributed by atoms with Gasteiger partial charge in [-0.15, -0.1) is 0 Å². The van der Waals surface area contributed by atoms with E-state index in [-0.39, 0.29) is 25.9 Å². The van der Waals surface area contributed by atoms with Gasteiger partial charge in [-0.05, 0) is 0 Å². The maximum Gasteiger partial charge on any atom is 0.261 e. The van der Waals surface area contributed by atoms with E-state index in [9.17, 15) is 8.42 Å². The molecule has 48 heavy (non-hydrogen) atoms. The number of methoxy groups -OCH3 is 2. The van der Waals surface area contributed by atoms with Gasteiger partial charge in [-0.2, -0.15) is 8.42 Å². The Balaban J connectivity index is 0.000000840. The van der Waals surface area contributed by atoms with Crippen LogP contribution in [0.25, 0.3) is 22.3 Å². The third kappa shape index (κ3) is 9.29. The Bertz CT molecular complexity index is 1720. The quantitative estimate of drug-likeness (QED) is 0.0776. The van der Waals surface area contributed by atoms with E-state index in [0.717, 1.165) is 39.6 Å². The van der Waals surface area contributed by atoms with E-state index in [4.69, 9.17) is 19.8 Å². The largest absolute Gasteiger partial charge is 0.286 e. The van der Waals surface area contributed by atoms with Crippen molar-refractivity contribution in [3.63, 3.8) is 0 Å². The molecular formula is C39H48NO5PPdS. The number of hydrogen-bond acceptors (Lipinski definition) is 5. The Kier molecular flexibility index (Phi) is 13.2. The molecule has 0 aliphatic heterocycles. The van der Waals surface area contributed by atoms with E-state index in [1.165, 1.54) is 83.4 Å². The molecule has 4 aromatic carbocycles. The molecule has 260 valence electrons. The molecule has 0 aromatic heterocycles. The summed E-state index contributed by atoms with van der Waals surface area (Å²) in [6, 6.07) is 30.5. The maximum absolute atomic E-state index is 9.19. The van der Waals surface area contributed by atoms with Crippen LogP contribution >= 0.6 is 7.92 Å². The third-order valence-corrected chi connectivity index (χ3v) is 15.2. The minimum absolute atomic E-state index is 0.256. The molecule has 0 saturated heterocycles. The third-order valence-electron chi connectivity index (χ3n) is 9.12. The van der Waals surface area contributed by atoms with Crippen LogP contribution in [0.1, 0.15) is 64.2 Å². The molecule has 2 fully saturated rings. The van der Waals surface area contributed by atoms with Crippen LogP contribution < -0.4 is 28.6 Å². The number of rotatable bonds is 9. The number of nitrogen functional groups attached to an aromatic ring is 1. The average Bonchev–Trinajstić information content (AvgIpc) is 3.09. The van der Waals surface area contributed by atoms with Crippen LogP contribution in [0.3, 0.4) is 0 Å². The molecule has 0 bridgehead atoms. The second-order valence-electron chi connectivity index (χ2n) is 12.5. The molecule has 2 aliphatic rings. The number of benzene rings is 4. The first kappa shape index (κ1) is 36.6. The Labute approximate surface area is 296 Å². The molecule has 6 nitrogen and oxygen atoms in total. The van der Waals surface area contributed by atoms with Crippen molar-refractivity contribution in [2.24, 2.45) is 0 Å². The first-order valence-electron chi connectivity index (χ1n) is 16.8. The second-order valence-corrected chi connectivity index (χ2v) is 18.7. The fraction of sp³-hybridized carbons (Fsp3) is 0.385. The minimum Gasteiger partial charge on any atom is -0.286 e. The van der Waals surface area contributed by atoms with Gasteiger partial charge in [0.05, 0.1) is 6.26 Å². The molecule has 0 unspecified atom stereocenters. The van der Waals surface area contributed by atoms with Crippen molar-refractivity contribution < 1.29 is 40.4 Å². The van der Waals surface area contributed by atoms with Gasteiger partial charge >= 0.3 is 269 Å². The molecular weight excluding hydrogens is 732 g/mol. The smallest absolute Gasteiger partial charge is 0.261 e. The first-order chi connectivity index (χ1) is 23.2. The predicted molar refractivity (Wildman–Crippen MR) is 198 cm³/mol. The van der Waals surface area contributed by atoms with Gasteiger partial charge in [0, 0.05) is 0 Å². The van der Waals surface area contributed by atoms with Gasteiger partial charge in [-0.25, -0.2) is 0 Å². The van der Waals surface area contributed by atoms with E-state index >= 15 is 0 Å². The molecule has 2 saturated carbocycles. The Morgan fingerprint density at radius 3 is 1.67 bits per heavy atom. The number of hydrogen-bond donors (Lipinski definition) is 2. The summed E-state index contributed by atoms with van der Waals surface area (Å²) < 4.78 is 40.8. The Morgan fingerprint density at radius 2 is 1.12 bits per heavy atom. The van der Waals surface area contributed by atoms with Crippen LogP contribution in [0, 0.1) is 0 Å². The van der Waals surface area contributed by atoms with Gasteiger partial charge < -0.3 is 0 Å². The van der Waals surface area contributed by atoms with E-state index < -0.39 is 10.1 Å². The summed E-state index contributed by atoms with van der Waals surface area (Å²) in [5.74, 6) is 1.78. The SMILES string of the molecule is COc1cccc(OC)c1-c1ccc[c]([Pd][c]2ccccc2-c2ccccc2N)c1P(C1CCCCC1)C1CCCCC1.CS(=O)(=O)O. The maximum atomic E-state index is 9.19. The summed E-state index contributed by atoms with van der Waals surface area (Å²) in [6.07, 6.45) is 14.4. The van der Waals surface area contributed by atoms with Crippen LogP contribution in [-0.2, 0) is 28.1 Å². The van der Waals surface area contributed by atoms with Crippen molar-refractivity contribution in [3.05, 3.63) is 84.9 Å². The second kappa shape index (κ2) is 17.3. The van der Waals surface area contributed by atoms with Crippen molar-refractivity contribution >= 4 is 37.1 Å². The summed E-state index contributed by atoms with van der Waals surface area (Å²) in [5, 5.41) is 1.61. The van der Waals surface area contributed by atoms with Crippen molar-refractivity contribution in [1.29, 1.82) is 0 Å². The molecule has 4 aromatic rings. The standard InChI is InChI=1S/C26H34O2P.C12H10N.CH4O3S.Pd/c1-27-23-17-11-18-24(28-2)26(23)22-16-9-10-19-25(22)29(20-12-5-3-6-13-20)21-14-7-4-8-15-21;13-12-9-5-4-8-11(12)10-6-2-1-3-7-10;1-5(2,3)4;/h9-11,16-18,20-21H,3-8,12-15H2,1-2H3;1-6,8-9H,13H2;1H3,(H,2,3,4);. The number of ether oxygens (including phenoxy) is 2. The van der Waals surface area contributed by atoms with Crippen LogP contribution in [0.4, 0.5) is 5.69 Å². The number of para-hydroxylation sites is 1. The van der Waals surface area contributed by atoms with Crippen LogP contribution in [0.5, 0.6) is 11.5 Å². The van der Waals surface area contributed by atoms with Crippen molar-refractivity contribution in [1.82, 2.24) is 0 Å². The predicted octanol–water partition coefficient (Wildman–Crippen LogP) is 7.93. The van der Waals surface area contributed by atoms with Crippen molar-refractivity contribution in [3.8, 4) is 33.8 Å². The molecule has 0 radical (unpaired) electrons. The first-order valence-corrected chi connectivity index (χ1v) is 21.7. The summed E-state index contributed by atoms with van der Waals surface area (Å²) in [6.45, 7) is 0. The van der Waals surface area contributed by atoms with Gasteiger partial charge in [-0.1, -0.05) is 0 Å². The normalized spacial score (nSPS) is 15.9. The average molecular weight is 780 g/mol. The summed E-state index contributed by atoms with van der Waals surface area (Å²) in [5.41, 5.74) is 13.7. The number of nitrogens with two attached hydrogens (primary N) is 1. The number of anilines is 1. The molecule has 3 N–H and O–H groups in total. The van der Waals surface area contributed by atoms with Gasteiger partial charge in [0.25, 0.3) is 10.1 Å². The van der Waals surface area contributed by atoms with Crippen LogP contribution in [0.15, 0.2) is 84.9 Å². The monoisotopic (exact) mass is 779 g/mol. The fourth-order valence-corrected chi connectivity index (χ4v) is 13.8. The molecule has 0 heterocycles. The fourth-order valence-electron chi connectivity index (χ4n) is 7.08. The summed E-state index contributed by atoms with van der Waals surface area (Å²) in [4.78, 5) is 0. The van der Waals surface area contributed by atoms with Crippen LogP contribution in [-0.4, -0.2) is 44.8 Å². The summed E-state index contributed by atoms with van der Waals surface area (Å²) in [7, 11) is -0.472. The molecule has 0 atom stereocenters. The molecule has 2 aliphatic carbocycles. The van der Waals surface area contributed by atoms with Crippen molar-refractivity contribution in [2.75, 3.05) is 26.2 Å². The van der Waals surface area contributed by atoms with E-state index in [1.807, 2.05) is 18.2 Å². The molecule has 9 heteroatoms. The van der Waals surface area contributed by atoms with Gasteiger partial charge in [0.2, 0.25) is 0 Å². The molecule has 0 spiro atoms. The summed E-state index contributed by atoms with van der Waals surface area (Å²) >= 11 is 0.256. The van der Waals surface area contributed by atoms with E-state index in [0.29, 0.717) is 6.26 Å². The minimum atomic E-state index is -3.67. The zero-order chi connectivity index (χ0) is 34.1. The Morgan fingerprint density at radius 1 is 0.667 bits per heavy atom. The van der Waals surface area contributed by atoms with E-state index in [2.05, 4.69) is 66.7 Å². The van der Waals surface area contributed by atoms with E-state index in [1.54, 1.807) is 19.5 Å². The van der Waals surface area contributed by atoms with Gasteiger partial charge in [0.15, 0.2) is 0 Å². The zero-order valence-electron chi connectivity index (χ0n) is 28.1. The topological polar surface area (TPSA) is 98.9 Å².